The summed E-state index contributed by atoms with van der Waals surface area (Å²) < 4.78 is 0. The molecule has 0 heterocycles. The average Bonchev–Trinajstić information content (AvgIpc) is 3.53. The van der Waals surface area contributed by atoms with Gasteiger partial charge in [-0.2, -0.15) is 0 Å². The smallest absolute Gasteiger partial charge is 0.243 e. The number of aryl methyl sites for hydroxylation is 1. The van der Waals surface area contributed by atoms with Crippen LogP contribution in [0, 0.1) is 5.92 Å². The van der Waals surface area contributed by atoms with E-state index in [-0.39, 0.29) is 29.5 Å². The van der Waals surface area contributed by atoms with Crippen LogP contribution in [-0.4, -0.2) is 40.4 Å². The normalized spacial score (nSPS) is 16.8. The number of phenolic OH excluding ortho intramolecular Hbond substituents is 1. The lowest BCUT2D eigenvalue weighted by atomic mass is 9.94. The minimum Gasteiger partial charge on any atom is -0.508 e. The lowest BCUT2D eigenvalue weighted by Gasteiger charge is -2.35. The number of nitrogens with zero attached hydrogens (tertiary/aromatic N) is 1. The summed E-state index contributed by atoms with van der Waals surface area (Å²) in [5.41, 5.74) is 1.90. The fourth-order valence-corrected chi connectivity index (χ4v) is 4.47. The van der Waals surface area contributed by atoms with Gasteiger partial charge in [0, 0.05) is 19.0 Å². The molecule has 0 aliphatic heterocycles. The van der Waals surface area contributed by atoms with Gasteiger partial charge in [0.1, 0.15) is 11.8 Å². The maximum atomic E-state index is 13.3. The quantitative estimate of drug-likeness (QED) is 0.447. The highest BCUT2D eigenvalue weighted by Crippen LogP contribution is 2.37. The molecule has 0 aromatic heterocycles. The average molecular weight is 453 g/mol. The van der Waals surface area contributed by atoms with Gasteiger partial charge in [0.2, 0.25) is 11.8 Å². The molecule has 0 bridgehead atoms. The van der Waals surface area contributed by atoms with Crippen LogP contribution in [-0.2, 0) is 16.0 Å². The van der Waals surface area contributed by atoms with E-state index in [2.05, 4.69) is 18.5 Å². The van der Waals surface area contributed by atoms with E-state index in [1.807, 2.05) is 37.0 Å². The van der Waals surface area contributed by atoms with E-state index in [9.17, 15) is 14.7 Å². The largest absolute Gasteiger partial charge is 0.508 e. The Bertz CT molecular complexity index is 818. The van der Waals surface area contributed by atoms with E-state index in [0.29, 0.717) is 19.4 Å². The molecule has 0 spiro atoms. The molecule has 1 aromatic carbocycles. The SMILES string of the molecule is C=C/C=C(\C=C)CNC(=O)C(C1CCCC1)N(C(=O)CCc1ccc(O)cc1)C1CC1.CC. The van der Waals surface area contributed by atoms with Gasteiger partial charge in [-0.25, -0.2) is 0 Å². The number of benzene rings is 1. The van der Waals surface area contributed by atoms with Crippen molar-refractivity contribution < 1.29 is 14.7 Å². The molecule has 1 unspecified atom stereocenters. The second-order valence-corrected chi connectivity index (χ2v) is 8.59. The van der Waals surface area contributed by atoms with E-state index in [0.717, 1.165) is 49.7 Å². The van der Waals surface area contributed by atoms with Gasteiger partial charge in [0.15, 0.2) is 0 Å². The summed E-state index contributed by atoms with van der Waals surface area (Å²) in [4.78, 5) is 28.5. The summed E-state index contributed by atoms with van der Waals surface area (Å²) >= 11 is 0. The lowest BCUT2D eigenvalue weighted by molar-refractivity contribution is -0.143. The van der Waals surface area contributed by atoms with E-state index in [1.54, 1.807) is 24.3 Å². The highest BCUT2D eigenvalue weighted by atomic mass is 16.3. The number of amides is 2. The van der Waals surface area contributed by atoms with Gasteiger partial charge < -0.3 is 15.3 Å². The minimum absolute atomic E-state index is 0.0493. The van der Waals surface area contributed by atoms with Gasteiger partial charge in [-0.1, -0.05) is 70.2 Å². The Morgan fingerprint density at radius 1 is 1.12 bits per heavy atom. The third-order valence-electron chi connectivity index (χ3n) is 6.27. The van der Waals surface area contributed by atoms with Crippen molar-refractivity contribution in [2.24, 2.45) is 5.92 Å². The highest BCUT2D eigenvalue weighted by molar-refractivity contribution is 5.88. The molecule has 0 radical (unpaired) electrons. The molecule has 5 nitrogen and oxygen atoms in total. The van der Waals surface area contributed by atoms with E-state index < -0.39 is 6.04 Å². The van der Waals surface area contributed by atoms with Crippen LogP contribution in [0.5, 0.6) is 5.75 Å². The molecular formula is C28H40N2O3. The van der Waals surface area contributed by atoms with Crippen molar-refractivity contribution in [2.75, 3.05) is 6.54 Å². The maximum absolute atomic E-state index is 13.3. The van der Waals surface area contributed by atoms with Crippen LogP contribution in [0.4, 0.5) is 0 Å². The van der Waals surface area contributed by atoms with Gasteiger partial charge in [-0.05, 0) is 61.3 Å². The van der Waals surface area contributed by atoms with Crippen LogP contribution in [0.3, 0.4) is 0 Å². The maximum Gasteiger partial charge on any atom is 0.243 e. The molecule has 2 saturated carbocycles. The second-order valence-electron chi connectivity index (χ2n) is 8.59. The van der Waals surface area contributed by atoms with Crippen molar-refractivity contribution >= 4 is 11.8 Å². The van der Waals surface area contributed by atoms with E-state index >= 15 is 0 Å². The number of hydrogen-bond donors (Lipinski definition) is 2. The summed E-state index contributed by atoms with van der Waals surface area (Å²) in [5.74, 6) is 0.424. The first-order valence-electron chi connectivity index (χ1n) is 12.3. The molecule has 2 aliphatic carbocycles. The number of rotatable bonds is 11. The predicted octanol–water partition coefficient (Wildman–Crippen LogP) is 5.32. The first-order valence-corrected chi connectivity index (χ1v) is 12.3. The molecule has 2 N–H and O–H groups in total. The number of phenols is 1. The standard InChI is InChI=1S/C26H34N2O3.C2H6/c1-3-7-19(4-2)18-27-26(31)25(21-8-5-6-9-21)28(22-13-14-22)24(30)17-12-20-10-15-23(29)16-11-20;1-2/h3-4,7,10-11,15-16,21-22,25,29H,1-2,5-6,8-9,12-14,17-18H2,(H,27,31);1-2H3/b19-7+;. The monoisotopic (exact) mass is 452 g/mol. The highest BCUT2D eigenvalue weighted by Gasteiger charge is 2.44. The van der Waals surface area contributed by atoms with Crippen molar-refractivity contribution in [3.05, 3.63) is 66.8 Å². The van der Waals surface area contributed by atoms with Gasteiger partial charge in [0.25, 0.3) is 0 Å². The zero-order valence-corrected chi connectivity index (χ0v) is 20.3. The Morgan fingerprint density at radius 2 is 1.76 bits per heavy atom. The van der Waals surface area contributed by atoms with Crippen LogP contribution in [0.2, 0.25) is 0 Å². The van der Waals surface area contributed by atoms with Crippen molar-refractivity contribution in [3.8, 4) is 5.75 Å². The molecular weight excluding hydrogens is 412 g/mol. The molecule has 1 aromatic rings. The van der Waals surface area contributed by atoms with E-state index in [4.69, 9.17) is 0 Å². The molecule has 33 heavy (non-hydrogen) atoms. The molecule has 0 saturated heterocycles. The predicted molar refractivity (Wildman–Crippen MR) is 135 cm³/mol. The van der Waals surface area contributed by atoms with Crippen LogP contribution in [0.1, 0.15) is 64.4 Å². The van der Waals surface area contributed by atoms with Crippen LogP contribution >= 0.6 is 0 Å². The number of allylic oxidation sites excluding steroid dienone is 2. The minimum atomic E-state index is -0.405. The van der Waals surface area contributed by atoms with E-state index in [1.165, 1.54) is 0 Å². The Labute approximate surface area is 199 Å². The molecule has 5 heteroatoms. The number of carbonyl (C=O) groups is 2. The fourth-order valence-electron chi connectivity index (χ4n) is 4.47. The fraction of sp³-hybridized carbons (Fsp3) is 0.500. The summed E-state index contributed by atoms with van der Waals surface area (Å²) in [6, 6.07) is 6.73. The molecule has 2 fully saturated rings. The molecule has 3 rings (SSSR count). The molecule has 2 aliphatic rings. The Kier molecular flexibility index (Phi) is 10.9. The van der Waals surface area contributed by atoms with Crippen molar-refractivity contribution in [1.82, 2.24) is 10.2 Å². The molecule has 2 amide bonds. The Hall–Kier alpha value is -2.82. The Morgan fingerprint density at radius 3 is 2.30 bits per heavy atom. The molecule has 180 valence electrons. The number of carbonyl (C=O) groups excluding carboxylic acids is 2. The number of hydrogen-bond acceptors (Lipinski definition) is 3. The zero-order valence-electron chi connectivity index (χ0n) is 20.3. The van der Waals surface area contributed by atoms with Crippen LogP contribution < -0.4 is 5.32 Å². The first kappa shape index (κ1) is 26.4. The topological polar surface area (TPSA) is 69.6 Å². The number of nitrogens with one attached hydrogen (secondary N) is 1. The van der Waals surface area contributed by atoms with Crippen molar-refractivity contribution in [2.45, 2.75) is 77.3 Å². The first-order chi connectivity index (χ1) is 16.0. The van der Waals surface area contributed by atoms with Gasteiger partial charge in [0.05, 0.1) is 0 Å². The third kappa shape index (κ3) is 7.92. The summed E-state index contributed by atoms with van der Waals surface area (Å²) in [5, 5.41) is 12.5. The zero-order chi connectivity index (χ0) is 24.2. The van der Waals surface area contributed by atoms with Crippen LogP contribution in [0.15, 0.2) is 61.2 Å². The van der Waals surface area contributed by atoms with Gasteiger partial charge in [-0.15, -0.1) is 0 Å². The molecule has 1 atom stereocenters. The summed E-state index contributed by atoms with van der Waals surface area (Å²) in [6.07, 6.45) is 12.3. The number of aromatic hydroxyl groups is 1. The Balaban J connectivity index is 0.00000187. The summed E-state index contributed by atoms with van der Waals surface area (Å²) in [6.45, 7) is 11.9. The van der Waals surface area contributed by atoms with Crippen molar-refractivity contribution in [1.29, 1.82) is 0 Å². The van der Waals surface area contributed by atoms with Gasteiger partial charge >= 0.3 is 0 Å². The van der Waals surface area contributed by atoms with Gasteiger partial charge in [-0.3, -0.25) is 9.59 Å². The lowest BCUT2D eigenvalue weighted by Crippen LogP contribution is -2.54. The van der Waals surface area contributed by atoms with Crippen molar-refractivity contribution in [3.63, 3.8) is 0 Å². The van der Waals surface area contributed by atoms with Crippen LogP contribution in [0.25, 0.3) is 0 Å². The second kappa shape index (κ2) is 13.7. The third-order valence-corrected chi connectivity index (χ3v) is 6.27. The summed E-state index contributed by atoms with van der Waals surface area (Å²) in [7, 11) is 0.